The largest absolute Gasteiger partial charge is 0.481 e. The van der Waals surface area contributed by atoms with Gasteiger partial charge in [-0.3, -0.25) is 4.79 Å². The number of rotatable bonds is 6. The van der Waals surface area contributed by atoms with E-state index in [1.54, 1.807) is 0 Å². The highest BCUT2D eigenvalue weighted by Gasteiger charge is 2.42. The van der Waals surface area contributed by atoms with Gasteiger partial charge in [-0.2, -0.15) is 0 Å². The Labute approximate surface area is 106 Å². The Bertz CT molecular complexity index is 386. The predicted molar refractivity (Wildman–Crippen MR) is 70.4 cm³/mol. The van der Waals surface area contributed by atoms with E-state index in [2.05, 4.69) is 31.2 Å². The number of benzene rings is 1. The topological polar surface area (TPSA) is 37.3 Å². The molecule has 2 atom stereocenters. The van der Waals surface area contributed by atoms with Crippen molar-refractivity contribution < 1.29 is 9.90 Å². The fraction of sp³-hybridized carbons (Fsp3) is 0.500. The van der Waals surface area contributed by atoms with Crippen molar-refractivity contribution in [3.8, 4) is 0 Å². The fourth-order valence-electron chi connectivity index (χ4n) is 2.14. The third-order valence-corrected chi connectivity index (χ3v) is 4.17. The molecule has 1 saturated carbocycles. The van der Waals surface area contributed by atoms with Crippen molar-refractivity contribution in [1.29, 1.82) is 0 Å². The maximum Gasteiger partial charge on any atom is 0.306 e. The number of aliphatic carboxylic acids is 1. The molecule has 0 saturated heterocycles. The molecule has 0 aromatic heterocycles. The third kappa shape index (κ3) is 3.50. The number of hydrogen-bond donors (Lipinski definition) is 1. The summed E-state index contributed by atoms with van der Waals surface area (Å²) in [7, 11) is 0. The maximum absolute atomic E-state index is 10.7. The second-order valence-corrected chi connectivity index (χ2v) is 5.89. The zero-order valence-electron chi connectivity index (χ0n) is 10.1. The lowest BCUT2D eigenvalue weighted by Gasteiger charge is -2.02. The van der Waals surface area contributed by atoms with Crippen LogP contribution >= 0.6 is 11.8 Å². The minimum atomic E-state index is -0.621. The van der Waals surface area contributed by atoms with Crippen LogP contribution in [0.4, 0.5) is 0 Å². The van der Waals surface area contributed by atoms with Gasteiger partial charge in [-0.1, -0.05) is 19.1 Å². The van der Waals surface area contributed by atoms with E-state index in [9.17, 15) is 4.79 Å². The molecular formula is C14H18O2S. The lowest BCUT2D eigenvalue weighted by molar-refractivity contribution is -0.138. The molecule has 2 unspecified atom stereocenters. The van der Waals surface area contributed by atoms with Gasteiger partial charge in [0.05, 0.1) is 5.92 Å². The van der Waals surface area contributed by atoms with E-state index in [1.807, 2.05) is 11.8 Å². The Morgan fingerprint density at radius 1 is 1.41 bits per heavy atom. The summed E-state index contributed by atoms with van der Waals surface area (Å²) in [6.07, 6.45) is 2.89. The Morgan fingerprint density at radius 3 is 2.65 bits per heavy atom. The lowest BCUT2D eigenvalue weighted by atomic mass is 10.1. The molecule has 1 fully saturated rings. The van der Waals surface area contributed by atoms with E-state index in [-0.39, 0.29) is 5.92 Å². The molecule has 1 aliphatic rings. The van der Waals surface area contributed by atoms with Crippen LogP contribution in [0.5, 0.6) is 0 Å². The zero-order chi connectivity index (χ0) is 12.3. The Kier molecular flexibility index (Phi) is 4.11. The van der Waals surface area contributed by atoms with Crippen molar-refractivity contribution in [2.45, 2.75) is 31.1 Å². The summed E-state index contributed by atoms with van der Waals surface area (Å²) in [5.41, 5.74) is 1.32. The van der Waals surface area contributed by atoms with Crippen LogP contribution in [0.25, 0.3) is 0 Å². The normalized spacial score (nSPS) is 22.4. The monoisotopic (exact) mass is 250 g/mol. The molecule has 0 amide bonds. The highest BCUT2D eigenvalue weighted by atomic mass is 32.2. The van der Waals surface area contributed by atoms with Crippen LogP contribution in [0.1, 0.15) is 25.3 Å². The molecule has 1 aliphatic carbocycles. The number of carboxylic acid groups (broad SMARTS) is 1. The molecule has 2 nitrogen and oxygen atoms in total. The van der Waals surface area contributed by atoms with Gasteiger partial charge in [0, 0.05) is 4.90 Å². The second-order valence-electron chi connectivity index (χ2n) is 4.56. The first kappa shape index (κ1) is 12.5. The van der Waals surface area contributed by atoms with Crippen LogP contribution < -0.4 is 0 Å². The van der Waals surface area contributed by atoms with Crippen molar-refractivity contribution in [3.63, 3.8) is 0 Å². The minimum Gasteiger partial charge on any atom is -0.481 e. The highest BCUT2D eigenvalue weighted by molar-refractivity contribution is 7.99. The van der Waals surface area contributed by atoms with Crippen LogP contribution in [0.2, 0.25) is 0 Å². The van der Waals surface area contributed by atoms with Gasteiger partial charge in [0.25, 0.3) is 0 Å². The van der Waals surface area contributed by atoms with E-state index in [0.717, 1.165) is 25.0 Å². The van der Waals surface area contributed by atoms with Gasteiger partial charge in [0.2, 0.25) is 0 Å². The van der Waals surface area contributed by atoms with Crippen LogP contribution in [-0.2, 0) is 11.2 Å². The molecule has 17 heavy (non-hydrogen) atoms. The van der Waals surface area contributed by atoms with Gasteiger partial charge in [0.15, 0.2) is 0 Å². The van der Waals surface area contributed by atoms with E-state index < -0.39 is 5.97 Å². The summed E-state index contributed by atoms with van der Waals surface area (Å²) < 4.78 is 0. The molecule has 1 N–H and O–H groups in total. The predicted octanol–water partition coefficient (Wildman–Crippen LogP) is 3.45. The maximum atomic E-state index is 10.7. The molecule has 0 aliphatic heterocycles. The average molecular weight is 250 g/mol. The lowest BCUT2D eigenvalue weighted by Crippen LogP contribution is -2.00. The quantitative estimate of drug-likeness (QED) is 0.786. The molecule has 3 heteroatoms. The number of carboxylic acids is 1. The van der Waals surface area contributed by atoms with Gasteiger partial charge in [0.1, 0.15) is 0 Å². The van der Waals surface area contributed by atoms with Crippen LogP contribution in [0, 0.1) is 11.8 Å². The van der Waals surface area contributed by atoms with Crippen LogP contribution in [0.15, 0.2) is 29.2 Å². The van der Waals surface area contributed by atoms with Gasteiger partial charge in [-0.05, 0) is 48.6 Å². The molecule has 0 heterocycles. The van der Waals surface area contributed by atoms with E-state index in [0.29, 0.717) is 5.92 Å². The number of aryl methyl sites for hydroxylation is 1. The number of carbonyl (C=O) groups is 1. The third-order valence-electron chi connectivity index (χ3n) is 3.28. The molecule has 2 rings (SSSR count). The van der Waals surface area contributed by atoms with Gasteiger partial charge in [-0.15, -0.1) is 11.8 Å². The Morgan fingerprint density at radius 2 is 2.12 bits per heavy atom. The summed E-state index contributed by atoms with van der Waals surface area (Å²) in [6, 6.07) is 8.64. The summed E-state index contributed by atoms with van der Waals surface area (Å²) >= 11 is 1.85. The summed E-state index contributed by atoms with van der Waals surface area (Å²) in [5.74, 6) is 0.827. The van der Waals surface area contributed by atoms with Gasteiger partial charge < -0.3 is 5.11 Å². The Hall–Kier alpha value is -0.960. The fourth-order valence-corrected chi connectivity index (χ4v) is 2.80. The SMILES string of the molecule is CCSc1ccc(CCC2CC2C(=O)O)cc1. The minimum absolute atomic E-state index is 0.0649. The first-order chi connectivity index (χ1) is 8.20. The molecule has 1 aromatic carbocycles. The molecular weight excluding hydrogens is 232 g/mol. The molecule has 0 spiro atoms. The molecule has 0 radical (unpaired) electrons. The van der Waals surface area contributed by atoms with Crippen molar-refractivity contribution in [2.24, 2.45) is 11.8 Å². The number of thioether (sulfide) groups is 1. The first-order valence-corrected chi connectivity index (χ1v) is 7.13. The summed E-state index contributed by atoms with van der Waals surface area (Å²) in [4.78, 5) is 12.0. The van der Waals surface area contributed by atoms with Crippen molar-refractivity contribution in [2.75, 3.05) is 5.75 Å². The average Bonchev–Trinajstić information content (AvgIpc) is 3.08. The molecule has 1 aromatic rings. The van der Waals surface area contributed by atoms with Crippen molar-refractivity contribution >= 4 is 17.7 Å². The van der Waals surface area contributed by atoms with E-state index in [1.165, 1.54) is 10.5 Å². The van der Waals surface area contributed by atoms with Crippen molar-refractivity contribution in [3.05, 3.63) is 29.8 Å². The Balaban J connectivity index is 1.78. The zero-order valence-corrected chi connectivity index (χ0v) is 10.9. The van der Waals surface area contributed by atoms with Gasteiger partial charge >= 0.3 is 5.97 Å². The first-order valence-electron chi connectivity index (χ1n) is 6.15. The molecule has 0 bridgehead atoms. The summed E-state index contributed by atoms with van der Waals surface area (Å²) in [6.45, 7) is 2.15. The summed E-state index contributed by atoms with van der Waals surface area (Å²) in [5, 5.41) is 8.81. The highest BCUT2D eigenvalue weighted by Crippen LogP contribution is 2.42. The van der Waals surface area contributed by atoms with Crippen LogP contribution in [0.3, 0.4) is 0 Å². The van der Waals surface area contributed by atoms with Crippen LogP contribution in [-0.4, -0.2) is 16.8 Å². The van der Waals surface area contributed by atoms with E-state index >= 15 is 0 Å². The van der Waals surface area contributed by atoms with E-state index in [4.69, 9.17) is 5.11 Å². The molecule has 92 valence electrons. The van der Waals surface area contributed by atoms with Crippen molar-refractivity contribution in [1.82, 2.24) is 0 Å². The van der Waals surface area contributed by atoms with Gasteiger partial charge in [-0.25, -0.2) is 0 Å². The number of hydrogen-bond acceptors (Lipinski definition) is 2. The second kappa shape index (κ2) is 5.58. The smallest absolute Gasteiger partial charge is 0.306 e. The standard InChI is InChI=1S/C14H18O2S/c1-2-17-12-7-4-10(5-8-12)3-6-11-9-13(11)14(15)16/h4-5,7-8,11,13H,2-3,6,9H2,1H3,(H,15,16).